The molecule has 0 aromatic heterocycles. The third-order valence-corrected chi connectivity index (χ3v) is 5.76. The zero-order valence-electron chi connectivity index (χ0n) is 17.7. The van der Waals surface area contributed by atoms with E-state index < -0.39 is 0 Å². The number of carbonyl (C=O) groups excluding carboxylic acids is 1. The molecular weight excluding hydrogens is 372 g/mol. The molecule has 1 aliphatic rings. The lowest BCUT2D eigenvalue weighted by molar-refractivity contribution is 0.0784. The van der Waals surface area contributed by atoms with E-state index in [4.69, 9.17) is 4.74 Å². The molecule has 30 heavy (non-hydrogen) atoms. The van der Waals surface area contributed by atoms with Gasteiger partial charge in [0.05, 0.1) is 7.11 Å². The summed E-state index contributed by atoms with van der Waals surface area (Å²) in [7, 11) is 3.48. The predicted molar refractivity (Wildman–Crippen MR) is 119 cm³/mol. The number of rotatable bonds is 6. The van der Waals surface area contributed by atoms with Crippen LogP contribution >= 0.6 is 0 Å². The lowest BCUT2D eigenvalue weighted by atomic mass is 9.99. The molecule has 4 heteroatoms. The van der Waals surface area contributed by atoms with E-state index in [2.05, 4.69) is 41.3 Å². The number of hydrogen-bond donors (Lipinski definition) is 0. The van der Waals surface area contributed by atoms with Gasteiger partial charge in [0, 0.05) is 44.4 Å². The number of amides is 1. The summed E-state index contributed by atoms with van der Waals surface area (Å²) in [5.41, 5.74) is 5.83. The van der Waals surface area contributed by atoms with Crippen LogP contribution in [0.3, 0.4) is 0 Å². The zero-order valence-corrected chi connectivity index (χ0v) is 17.7. The summed E-state index contributed by atoms with van der Waals surface area (Å²) in [6.07, 6.45) is 1.10. The summed E-state index contributed by atoms with van der Waals surface area (Å²) >= 11 is 0. The molecule has 0 saturated carbocycles. The number of hydrogen-bond acceptors (Lipinski definition) is 3. The van der Waals surface area contributed by atoms with Gasteiger partial charge in [0.15, 0.2) is 0 Å². The minimum Gasteiger partial charge on any atom is -0.496 e. The smallest absolute Gasteiger partial charge is 0.253 e. The van der Waals surface area contributed by atoms with Gasteiger partial charge in [0.2, 0.25) is 0 Å². The average Bonchev–Trinajstić information content (AvgIpc) is 2.79. The maximum absolute atomic E-state index is 12.9. The number of ether oxygens (including phenoxy) is 1. The van der Waals surface area contributed by atoms with Crippen molar-refractivity contribution in [3.8, 4) is 5.75 Å². The van der Waals surface area contributed by atoms with Crippen LogP contribution in [0.2, 0.25) is 0 Å². The lowest BCUT2D eigenvalue weighted by Crippen LogP contribution is -2.30. The maximum atomic E-state index is 12.9. The van der Waals surface area contributed by atoms with Crippen molar-refractivity contribution in [1.82, 2.24) is 9.80 Å². The first-order valence-corrected chi connectivity index (χ1v) is 10.4. The molecule has 3 aromatic carbocycles. The molecule has 3 aromatic rings. The van der Waals surface area contributed by atoms with Crippen molar-refractivity contribution in [2.75, 3.05) is 20.7 Å². The monoisotopic (exact) mass is 400 g/mol. The Balaban J connectivity index is 1.38. The summed E-state index contributed by atoms with van der Waals surface area (Å²) < 4.78 is 5.40. The van der Waals surface area contributed by atoms with E-state index in [9.17, 15) is 4.79 Å². The molecule has 0 N–H and O–H groups in total. The fourth-order valence-electron chi connectivity index (χ4n) is 4.08. The van der Waals surface area contributed by atoms with Gasteiger partial charge in [-0.1, -0.05) is 54.6 Å². The molecule has 4 nitrogen and oxygen atoms in total. The van der Waals surface area contributed by atoms with Gasteiger partial charge in [-0.15, -0.1) is 0 Å². The Morgan fingerprint density at radius 3 is 2.43 bits per heavy atom. The number of carbonyl (C=O) groups is 1. The standard InChI is InChI=1S/C26H28N2O2/c1-27(18-24-9-5-6-10-25(24)30-2)26(29)22-13-11-20(12-14-22)17-28-16-15-21-7-3-4-8-23(21)19-28/h3-14H,15-19H2,1-2H3. The van der Waals surface area contributed by atoms with Crippen molar-refractivity contribution in [3.63, 3.8) is 0 Å². The highest BCUT2D eigenvalue weighted by Crippen LogP contribution is 2.22. The third kappa shape index (κ3) is 4.55. The Hall–Kier alpha value is -3.11. The SMILES string of the molecule is COc1ccccc1CN(C)C(=O)c1ccc(CN2CCc3ccccc3C2)cc1. The van der Waals surface area contributed by atoms with Crippen LogP contribution < -0.4 is 4.74 Å². The molecule has 0 saturated heterocycles. The zero-order chi connectivity index (χ0) is 20.9. The number of benzene rings is 3. The Kier molecular flexibility index (Phi) is 6.15. The van der Waals surface area contributed by atoms with Crippen molar-refractivity contribution in [1.29, 1.82) is 0 Å². The first-order chi connectivity index (χ1) is 14.6. The van der Waals surface area contributed by atoms with E-state index in [1.54, 1.807) is 12.0 Å². The van der Waals surface area contributed by atoms with E-state index in [0.717, 1.165) is 37.4 Å². The molecule has 0 fully saturated rings. The van der Waals surface area contributed by atoms with Crippen LogP contribution in [0.1, 0.15) is 32.6 Å². The molecular formula is C26H28N2O2. The van der Waals surface area contributed by atoms with Crippen LogP contribution in [0.5, 0.6) is 5.75 Å². The predicted octanol–water partition coefficient (Wildman–Crippen LogP) is 4.53. The second-order valence-electron chi connectivity index (χ2n) is 7.90. The first kappa shape index (κ1) is 20.2. The molecule has 1 amide bonds. The Labute approximate surface area is 178 Å². The van der Waals surface area contributed by atoms with Gasteiger partial charge in [-0.2, -0.15) is 0 Å². The average molecular weight is 401 g/mol. The van der Waals surface area contributed by atoms with E-state index in [1.165, 1.54) is 16.7 Å². The van der Waals surface area contributed by atoms with Crippen LogP contribution in [0.15, 0.2) is 72.8 Å². The first-order valence-electron chi connectivity index (χ1n) is 10.4. The van der Waals surface area contributed by atoms with E-state index in [-0.39, 0.29) is 5.91 Å². The molecule has 0 spiro atoms. The number of nitrogens with zero attached hydrogens (tertiary/aromatic N) is 2. The summed E-state index contributed by atoms with van der Waals surface area (Å²) in [4.78, 5) is 17.1. The molecule has 1 heterocycles. The fourth-order valence-corrected chi connectivity index (χ4v) is 4.08. The second-order valence-corrected chi connectivity index (χ2v) is 7.90. The minimum atomic E-state index is 0.0133. The highest BCUT2D eigenvalue weighted by atomic mass is 16.5. The Bertz CT molecular complexity index is 1010. The fraction of sp³-hybridized carbons (Fsp3) is 0.269. The number of para-hydroxylation sites is 1. The number of methoxy groups -OCH3 is 1. The molecule has 1 aliphatic heterocycles. The Morgan fingerprint density at radius 2 is 1.67 bits per heavy atom. The van der Waals surface area contributed by atoms with Gasteiger partial charge in [-0.3, -0.25) is 9.69 Å². The maximum Gasteiger partial charge on any atom is 0.253 e. The van der Waals surface area contributed by atoms with Gasteiger partial charge < -0.3 is 9.64 Å². The van der Waals surface area contributed by atoms with E-state index in [1.807, 2.05) is 43.4 Å². The summed E-state index contributed by atoms with van der Waals surface area (Å²) in [5, 5.41) is 0. The third-order valence-electron chi connectivity index (χ3n) is 5.76. The molecule has 0 bridgehead atoms. The molecule has 0 radical (unpaired) electrons. The quantitative estimate of drug-likeness (QED) is 0.610. The molecule has 4 rings (SSSR count). The largest absolute Gasteiger partial charge is 0.496 e. The van der Waals surface area contributed by atoms with Gasteiger partial charge >= 0.3 is 0 Å². The highest BCUT2D eigenvalue weighted by Gasteiger charge is 2.17. The molecule has 0 aliphatic carbocycles. The summed E-state index contributed by atoms with van der Waals surface area (Å²) in [5.74, 6) is 0.815. The lowest BCUT2D eigenvalue weighted by Gasteiger charge is -2.28. The van der Waals surface area contributed by atoms with Gasteiger partial charge in [0.1, 0.15) is 5.75 Å². The molecule has 154 valence electrons. The molecule has 0 atom stereocenters. The normalized spacial score (nSPS) is 13.5. The van der Waals surface area contributed by atoms with Crippen LogP contribution in [-0.2, 0) is 26.1 Å². The van der Waals surface area contributed by atoms with Gasteiger partial charge in [0.25, 0.3) is 5.91 Å². The summed E-state index contributed by atoms with van der Waals surface area (Å²) in [6.45, 7) is 3.47. The van der Waals surface area contributed by atoms with Crippen molar-refractivity contribution < 1.29 is 9.53 Å². The Morgan fingerprint density at radius 1 is 0.967 bits per heavy atom. The van der Waals surface area contributed by atoms with Gasteiger partial charge in [-0.25, -0.2) is 0 Å². The van der Waals surface area contributed by atoms with Crippen molar-refractivity contribution in [2.45, 2.75) is 26.1 Å². The van der Waals surface area contributed by atoms with Crippen molar-refractivity contribution in [3.05, 3.63) is 101 Å². The van der Waals surface area contributed by atoms with Crippen LogP contribution in [0, 0.1) is 0 Å². The highest BCUT2D eigenvalue weighted by molar-refractivity contribution is 5.94. The van der Waals surface area contributed by atoms with Crippen LogP contribution in [0.25, 0.3) is 0 Å². The van der Waals surface area contributed by atoms with Crippen molar-refractivity contribution in [2.24, 2.45) is 0 Å². The second kappa shape index (κ2) is 9.14. The molecule has 0 unspecified atom stereocenters. The van der Waals surface area contributed by atoms with Crippen LogP contribution in [0.4, 0.5) is 0 Å². The minimum absolute atomic E-state index is 0.0133. The van der Waals surface area contributed by atoms with Crippen molar-refractivity contribution >= 4 is 5.91 Å². The van der Waals surface area contributed by atoms with Gasteiger partial charge in [-0.05, 0) is 41.3 Å². The topological polar surface area (TPSA) is 32.8 Å². The number of fused-ring (bicyclic) bond motifs is 1. The summed E-state index contributed by atoms with van der Waals surface area (Å²) in [6, 6.07) is 24.5. The van der Waals surface area contributed by atoms with Crippen LogP contribution in [-0.4, -0.2) is 36.4 Å². The van der Waals surface area contributed by atoms with E-state index >= 15 is 0 Å². The van der Waals surface area contributed by atoms with E-state index in [0.29, 0.717) is 12.1 Å².